The molecular weight excluding hydrogens is 210 g/mol. The van der Waals surface area contributed by atoms with Crippen molar-refractivity contribution in [2.24, 2.45) is 17.6 Å². The van der Waals surface area contributed by atoms with Crippen LogP contribution in [0.2, 0.25) is 0 Å². The fourth-order valence-electron chi connectivity index (χ4n) is 2.85. The maximum atomic E-state index is 5.57. The van der Waals surface area contributed by atoms with Gasteiger partial charge >= 0.3 is 0 Å². The Morgan fingerprint density at radius 2 is 2.18 bits per heavy atom. The van der Waals surface area contributed by atoms with Crippen LogP contribution in [0.15, 0.2) is 0 Å². The third-order valence-corrected chi connectivity index (χ3v) is 3.96. The van der Waals surface area contributed by atoms with E-state index in [0.717, 1.165) is 18.4 Å². The maximum absolute atomic E-state index is 5.57. The van der Waals surface area contributed by atoms with Crippen molar-refractivity contribution in [3.05, 3.63) is 0 Å². The van der Waals surface area contributed by atoms with Gasteiger partial charge in [-0.05, 0) is 71.2 Å². The van der Waals surface area contributed by atoms with Crippen LogP contribution in [0.1, 0.15) is 32.6 Å². The molecule has 1 saturated heterocycles. The fraction of sp³-hybridized carbons (Fsp3) is 1.00. The lowest BCUT2D eigenvalue weighted by Gasteiger charge is -2.21. The highest BCUT2D eigenvalue weighted by Gasteiger charge is 2.20. The van der Waals surface area contributed by atoms with Crippen LogP contribution in [-0.2, 0) is 0 Å². The highest BCUT2D eigenvalue weighted by molar-refractivity contribution is 4.75. The lowest BCUT2D eigenvalue weighted by atomic mass is 10.0. The van der Waals surface area contributed by atoms with Crippen molar-refractivity contribution < 1.29 is 0 Å². The first-order chi connectivity index (χ1) is 8.11. The van der Waals surface area contributed by atoms with Crippen LogP contribution in [0.4, 0.5) is 0 Å². The van der Waals surface area contributed by atoms with Crippen molar-refractivity contribution in [1.29, 1.82) is 0 Å². The number of hydrogen-bond acceptors (Lipinski definition) is 3. The quantitative estimate of drug-likeness (QED) is 0.701. The Kier molecular flexibility index (Phi) is 7.09. The van der Waals surface area contributed by atoms with Crippen LogP contribution in [0.5, 0.6) is 0 Å². The number of likely N-dealkylation sites (tertiary alicyclic amines) is 1. The standard InChI is InChI=1S/C14H31N3/c1-13(6-8-15)5-4-9-16(2)11-14-7-10-17(3)12-14/h13-14H,4-12,15H2,1-3H3. The summed E-state index contributed by atoms with van der Waals surface area (Å²) in [6.45, 7) is 8.24. The van der Waals surface area contributed by atoms with Gasteiger partial charge in [-0.3, -0.25) is 0 Å². The number of nitrogens with two attached hydrogens (primary N) is 1. The molecule has 0 aromatic carbocycles. The van der Waals surface area contributed by atoms with Crippen molar-refractivity contribution in [3.63, 3.8) is 0 Å². The Morgan fingerprint density at radius 1 is 1.41 bits per heavy atom. The van der Waals surface area contributed by atoms with Crippen molar-refractivity contribution in [2.75, 3.05) is 46.8 Å². The summed E-state index contributed by atoms with van der Waals surface area (Å²) >= 11 is 0. The van der Waals surface area contributed by atoms with E-state index in [2.05, 4.69) is 30.8 Å². The molecule has 2 N–H and O–H groups in total. The second-order valence-corrected chi connectivity index (χ2v) is 6.00. The van der Waals surface area contributed by atoms with E-state index in [1.807, 2.05) is 0 Å². The van der Waals surface area contributed by atoms with Crippen molar-refractivity contribution in [1.82, 2.24) is 9.80 Å². The molecule has 0 aromatic heterocycles. The van der Waals surface area contributed by atoms with Crippen LogP contribution < -0.4 is 5.73 Å². The SMILES string of the molecule is CC(CCN)CCCN(C)CC1CCN(C)C1. The first-order valence-electron chi connectivity index (χ1n) is 7.19. The molecule has 0 aliphatic carbocycles. The zero-order valence-corrected chi connectivity index (χ0v) is 12.0. The zero-order chi connectivity index (χ0) is 12.7. The van der Waals surface area contributed by atoms with E-state index in [1.54, 1.807) is 0 Å². The molecule has 0 aromatic rings. The molecule has 3 heteroatoms. The number of hydrogen-bond donors (Lipinski definition) is 1. The maximum Gasteiger partial charge on any atom is 0.00193 e. The summed E-state index contributed by atoms with van der Waals surface area (Å²) in [5.41, 5.74) is 5.57. The van der Waals surface area contributed by atoms with Crippen LogP contribution in [0, 0.1) is 11.8 Å². The minimum atomic E-state index is 0.797. The third-order valence-electron chi connectivity index (χ3n) is 3.96. The summed E-state index contributed by atoms with van der Waals surface area (Å²) in [5, 5.41) is 0. The average molecular weight is 241 g/mol. The van der Waals surface area contributed by atoms with E-state index in [1.165, 1.54) is 51.9 Å². The molecule has 0 amide bonds. The third kappa shape index (κ3) is 6.39. The van der Waals surface area contributed by atoms with Gasteiger partial charge in [0, 0.05) is 13.1 Å². The van der Waals surface area contributed by atoms with E-state index >= 15 is 0 Å². The molecule has 1 aliphatic heterocycles. The summed E-state index contributed by atoms with van der Waals surface area (Å²) in [6.07, 6.45) is 5.20. The van der Waals surface area contributed by atoms with E-state index in [9.17, 15) is 0 Å². The van der Waals surface area contributed by atoms with Gasteiger partial charge in [-0.15, -0.1) is 0 Å². The molecule has 0 radical (unpaired) electrons. The number of nitrogens with zero attached hydrogens (tertiary/aromatic N) is 2. The zero-order valence-electron chi connectivity index (χ0n) is 12.0. The molecule has 1 rings (SSSR count). The topological polar surface area (TPSA) is 32.5 Å². The second-order valence-electron chi connectivity index (χ2n) is 6.00. The van der Waals surface area contributed by atoms with E-state index in [4.69, 9.17) is 5.73 Å². The summed E-state index contributed by atoms with van der Waals surface area (Å²) in [4.78, 5) is 4.96. The van der Waals surface area contributed by atoms with Gasteiger partial charge in [-0.1, -0.05) is 6.92 Å². The largest absolute Gasteiger partial charge is 0.330 e. The molecule has 1 fully saturated rings. The van der Waals surface area contributed by atoms with Gasteiger partial charge in [-0.25, -0.2) is 0 Å². The smallest absolute Gasteiger partial charge is 0.00193 e. The Labute approximate surface area is 107 Å². The van der Waals surface area contributed by atoms with Gasteiger partial charge in [0.25, 0.3) is 0 Å². The summed E-state index contributed by atoms with van der Waals surface area (Å²) < 4.78 is 0. The summed E-state index contributed by atoms with van der Waals surface area (Å²) in [6, 6.07) is 0. The lowest BCUT2D eigenvalue weighted by molar-refractivity contribution is 0.263. The minimum absolute atomic E-state index is 0.797. The Morgan fingerprint density at radius 3 is 2.76 bits per heavy atom. The molecule has 2 atom stereocenters. The van der Waals surface area contributed by atoms with Crippen LogP contribution >= 0.6 is 0 Å². The Bertz CT molecular complexity index is 196. The van der Waals surface area contributed by atoms with Gasteiger partial charge in [0.2, 0.25) is 0 Å². The molecule has 2 unspecified atom stereocenters. The Hall–Kier alpha value is -0.120. The molecule has 1 aliphatic rings. The van der Waals surface area contributed by atoms with Crippen molar-refractivity contribution in [2.45, 2.75) is 32.6 Å². The Balaban J connectivity index is 2.03. The predicted molar refractivity (Wildman–Crippen MR) is 75.2 cm³/mol. The van der Waals surface area contributed by atoms with Gasteiger partial charge in [0.15, 0.2) is 0 Å². The predicted octanol–water partition coefficient (Wildman–Crippen LogP) is 1.64. The molecule has 102 valence electrons. The molecule has 0 saturated carbocycles. The molecule has 3 nitrogen and oxygen atoms in total. The molecule has 0 bridgehead atoms. The van der Waals surface area contributed by atoms with E-state index < -0.39 is 0 Å². The van der Waals surface area contributed by atoms with Crippen LogP contribution in [0.3, 0.4) is 0 Å². The molecule has 17 heavy (non-hydrogen) atoms. The lowest BCUT2D eigenvalue weighted by Crippen LogP contribution is -2.28. The van der Waals surface area contributed by atoms with Crippen molar-refractivity contribution in [3.8, 4) is 0 Å². The second kappa shape index (κ2) is 8.06. The van der Waals surface area contributed by atoms with Gasteiger partial charge < -0.3 is 15.5 Å². The van der Waals surface area contributed by atoms with Gasteiger partial charge in [0.1, 0.15) is 0 Å². The highest BCUT2D eigenvalue weighted by Crippen LogP contribution is 2.16. The first-order valence-corrected chi connectivity index (χ1v) is 7.19. The van der Waals surface area contributed by atoms with Crippen LogP contribution in [-0.4, -0.2) is 56.6 Å². The fourth-order valence-corrected chi connectivity index (χ4v) is 2.85. The van der Waals surface area contributed by atoms with Gasteiger partial charge in [-0.2, -0.15) is 0 Å². The van der Waals surface area contributed by atoms with Crippen LogP contribution in [0.25, 0.3) is 0 Å². The average Bonchev–Trinajstić information content (AvgIpc) is 2.64. The van der Waals surface area contributed by atoms with E-state index in [-0.39, 0.29) is 0 Å². The summed E-state index contributed by atoms with van der Waals surface area (Å²) in [5.74, 6) is 1.69. The molecular formula is C14H31N3. The minimum Gasteiger partial charge on any atom is -0.330 e. The molecule has 0 spiro atoms. The number of rotatable bonds is 8. The molecule has 1 heterocycles. The van der Waals surface area contributed by atoms with E-state index in [0.29, 0.717) is 0 Å². The highest BCUT2D eigenvalue weighted by atomic mass is 15.1. The van der Waals surface area contributed by atoms with Gasteiger partial charge in [0.05, 0.1) is 0 Å². The monoisotopic (exact) mass is 241 g/mol. The van der Waals surface area contributed by atoms with Crippen molar-refractivity contribution >= 4 is 0 Å². The summed E-state index contributed by atoms with van der Waals surface area (Å²) in [7, 11) is 4.50. The normalized spacial score (nSPS) is 23.5. The first kappa shape index (κ1) is 14.9.